The molecular formula is C20H20N4O3S. The van der Waals surface area contributed by atoms with Crippen molar-refractivity contribution in [1.82, 2.24) is 15.3 Å². The SMILES string of the molecule is CNc1nc(S[C@H](C)C(=O)NCc2ccc3c(c2)OCO3)nc2ccccc12. The number of amides is 1. The molecule has 0 saturated carbocycles. The number of thioether (sulfide) groups is 1. The van der Waals surface area contributed by atoms with E-state index in [1.54, 1.807) is 0 Å². The zero-order chi connectivity index (χ0) is 19.5. The van der Waals surface area contributed by atoms with Crippen molar-refractivity contribution in [3.8, 4) is 11.5 Å². The van der Waals surface area contributed by atoms with Crippen LogP contribution in [0.25, 0.3) is 10.9 Å². The highest BCUT2D eigenvalue weighted by molar-refractivity contribution is 8.00. The normalized spacial score (nSPS) is 13.4. The Morgan fingerprint density at radius 2 is 2.00 bits per heavy atom. The molecule has 0 spiro atoms. The number of anilines is 1. The third-order valence-electron chi connectivity index (χ3n) is 4.37. The summed E-state index contributed by atoms with van der Waals surface area (Å²) in [7, 11) is 1.82. The smallest absolute Gasteiger partial charge is 0.233 e. The van der Waals surface area contributed by atoms with Gasteiger partial charge in [-0.05, 0) is 36.8 Å². The lowest BCUT2D eigenvalue weighted by Gasteiger charge is -2.13. The van der Waals surface area contributed by atoms with Gasteiger partial charge in [-0.25, -0.2) is 9.97 Å². The van der Waals surface area contributed by atoms with Crippen molar-refractivity contribution in [2.75, 3.05) is 19.2 Å². The molecule has 0 fully saturated rings. The monoisotopic (exact) mass is 396 g/mol. The fourth-order valence-corrected chi connectivity index (χ4v) is 3.70. The molecular weight excluding hydrogens is 376 g/mol. The third-order valence-corrected chi connectivity index (χ3v) is 5.34. The van der Waals surface area contributed by atoms with E-state index in [1.165, 1.54) is 11.8 Å². The molecule has 0 unspecified atom stereocenters. The second-order valence-corrected chi connectivity index (χ2v) is 7.60. The quantitative estimate of drug-likeness (QED) is 0.489. The molecule has 1 atom stereocenters. The summed E-state index contributed by atoms with van der Waals surface area (Å²) in [5.74, 6) is 2.11. The van der Waals surface area contributed by atoms with E-state index in [0.29, 0.717) is 17.5 Å². The lowest BCUT2D eigenvalue weighted by molar-refractivity contribution is -0.120. The number of hydrogen-bond acceptors (Lipinski definition) is 7. The summed E-state index contributed by atoms with van der Waals surface area (Å²) < 4.78 is 10.7. The average molecular weight is 396 g/mol. The summed E-state index contributed by atoms with van der Waals surface area (Å²) in [5, 5.41) is 7.22. The maximum atomic E-state index is 12.5. The van der Waals surface area contributed by atoms with E-state index in [1.807, 2.05) is 56.4 Å². The van der Waals surface area contributed by atoms with Crippen molar-refractivity contribution < 1.29 is 14.3 Å². The summed E-state index contributed by atoms with van der Waals surface area (Å²) in [4.78, 5) is 21.6. The molecule has 144 valence electrons. The number of rotatable bonds is 6. The standard InChI is InChI=1S/C20H20N4O3S/c1-12(19(25)22-10-13-7-8-16-17(9-13)27-11-26-16)28-20-23-15-6-4-3-5-14(15)18(21-2)24-20/h3-9,12H,10-11H2,1-2H3,(H,22,25)(H,21,23,24)/t12-/m1/s1. The van der Waals surface area contributed by atoms with Gasteiger partial charge in [0.25, 0.3) is 0 Å². The highest BCUT2D eigenvalue weighted by Crippen LogP contribution is 2.32. The number of ether oxygens (including phenoxy) is 2. The van der Waals surface area contributed by atoms with Crippen LogP contribution in [0.1, 0.15) is 12.5 Å². The van der Waals surface area contributed by atoms with Crippen LogP contribution in [0.3, 0.4) is 0 Å². The molecule has 0 radical (unpaired) electrons. The van der Waals surface area contributed by atoms with Crippen LogP contribution in [0.4, 0.5) is 5.82 Å². The van der Waals surface area contributed by atoms with Crippen molar-refractivity contribution in [3.63, 3.8) is 0 Å². The zero-order valence-corrected chi connectivity index (χ0v) is 16.4. The summed E-state index contributed by atoms with van der Waals surface area (Å²) in [6.07, 6.45) is 0. The first-order valence-electron chi connectivity index (χ1n) is 8.91. The van der Waals surface area contributed by atoms with Crippen LogP contribution in [0.15, 0.2) is 47.6 Å². The second kappa shape index (κ2) is 7.93. The molecule has 28 heavy (non-hydrogen) atoms. The molecule has 2 aromatic carbocycles. The van der Waals surface area contributed by atoms with E-state index >= 15 is 0 Å². The van der Waals surface area contributed by atoms with Gasteiger partial charge in [-0.2, -0.15) is 0 Å². The minimum absolute atomic E-state index is 0.0783. The number of para-hydroxylation sites is 1. The van der Waals surface area contributed by atoms with E-state index in [0.717, 1.165) is 28.0 Å². The molecule has 2 N–H and O–H groups in total. The van der Waals surface area contributed by atoms with Crippen LogP contribution in [0.2, 0.25) is 0 Å². The summed E-state index contributed by atoms with van der Waals surface area (Å²) in [5.41, 5.74) is 1.80. The first kappa shape index (κ1) is 18.4. The van der Waals surface area contributed by atoms with Gasteiger partial charge in [-0.1, -0.05) is 30.0 Å². The van der Waals surface area contributed by atoms with Gasteiger partial charge >= 0.3 is 0 Å². The zero-order valence-electron chi connectivity index (χ0n) is 15.6. The van der Waals surface area contributed by atoms with Gasteiger partial charge in [0.2, 0.25) is 12.7 Å². The van der Waals surface area contributed by atoms with Gasteiger partial charge in [0, 0.05) is 19.0 Å². The number of aromatic nitrogens is 2. The molecule has 7 nitrogen and oxygen atoms in total. The lowest BCUT2D eigenvalue weighted by Crippen LogP contribution is -2.30. The van der Waals surface area contributed by atoms with Crippen LogP contribution < -0.4 is 20.1 Å². The number of nitrogens with zero attached hydrogens (tertiary/aromatic N) is 2. The fourth-order valence-electron chi connectivity index (χ4n) is 2.89. The number of nitrogens with one attached hydrogen (secondary N) is 2. The van der Waals surface area contributed by atoms with Crippen molar-refractivity contribution >= 4 is 34.4 Å². The first-order valence-corrected chi connectivity index (χ1v) is 9.79. The Labute approximate surface area is 166 Å². The van der Waals surface area contributed by atoms with Crippen LogP contribution in [-0.2, 0) is 11.3 Å². The Morgan fingerprint density at radius 1 is 1.18 bits per heavy atom. The molecule has 4 rings (SSSR count). The van der Waals surface area contributed by atoms with Crippen LogP contribution in [0, 0.1) is 0 Å². The van der Waals surface area contributed by atoms with E-state index < -0.39 is 0 Å². The second-order valence-electron chi connectivity index (χ2n) is 6.29. The van der Waals surface area contributed by atoms with Gasteiger partial charge in [-0.3, -0.25) is 4.79 Å². The highest BCUT2D eigenvalue weighted by atomic mass is 32.2. The molecule has 1 aliphatic heterocycles. The van der Waals surface area contributed by atoms with Crippen molar-refractivity contribution in [3.05, 3.63) is 48.0 Å². The molecule has 1 aliphatic rings. The molecule has 2 heterocycles. The predicted molar refractivity (Wildman–Crippen MR) is 109 cm³/mol. The van der Waals surface area contributed by atoms with E-state index in [9.17, 15) is 4.79 Å². The molecule has 0 saturated heterocycles. The van der Waals surface area contributed by atoms with Crippen molar-refractivity contribution in [1.29, 1.82) is 0 Å². The van der Waals surface area contributed by atoms with Crippen molar-refractivity contribution in [2.45, 2.75) is 23.9 Å². The van der Waals surface area contributed by atoms with E-state index in [2.05, 4.69) is 20.6 Å². The number of benzene rings is 2. The van der Waals surface area contributed by atoms with Crippen LogP contribution >= 0.6 is 11.8 Å². The van der Waals surface area contributed by atoms with Gasteiger partial charge < -0.3 is 20.1 Å². The number of carbonyl (C=O) groups excluding carboxylic acids is 1. The predicted octanol–water partition coefficient (Wildman–Crippen LogP) is 3.20. The fraction of sp³-hybridized carbons (Fsp3) is 0.250. The lowest BCUT2D eigenvalue weighted by atomic mass is 10.2. The topological polar surface area (TPSA) is 85.4 Å². The van der Waals surface area contributed by atoms with Gasteiger partial charge in [0.15, 0.2) is 16.7 Å². The Hall–Kier alpha value is -3.00. The highest BCUT2D eigenvalue weighted by Gasteiger charge is 2.18. The molecule has 8 heteroatoms. The maximum Gasteiger partial charge on any atom is 0.233 e. The van der Waals surface area contributed by atoms with Gasteiger partial charge in [0.05, 0.1) is 10.8 Å². The third kappa shape index (κ3) is 3.82. The number of carbonyl (C=O) groups is 1. The molecule has 1 amide bonds. The minimum atomic E-state index is -0.333. The summed E-state index contributed by atoms with van der Waals surface area (Å²) in [6.45, 7) is 2.50. The van der Waals surface area contributed by atoms with Gasteiger partial charge in [-0.15, -0.1) is 0 Å². The van der Waals surface area contributed by atoms with E-state index in [-0.39, 0.29) is 18.0 Å². The minimum Gasteiger partial charge on any atom is -0.454 e. The van der Waals surface area contributed by atoms with Crippen molar-refractivity contribution in [2.24, 2.45) is 0 Å². The Balaban J connectivity index is 1.41. The summed E-state index contributed by atoms with van der Waals surface area (Å²) >= 11 is 1.33. The molecule has 3 aromatic rings. The first-order chi connectivity index (χ1) is 13.6. The average Bonchev–Trinajstić information content (AvgIpc) is 3.19. The van der Waals surface area contributed by atoms with Crippen LogP contribution in [-0.4, -0.2) is 35.0 Å². The van der Waals surface area contributed by atoms with Crippen LogP contribution in [0.5, 0.6) is 11.5 Å². The number of hydrogen-bond donors (Lipinski definition) is 2. The Morgan fingerprint density at radius 3 is 2.86 bits per heavy atom. The Kier molecular flexibility index (Phi) is 5.21. The number of fused-ring (bicyclic) bond motifs is 2. The van der Waals surface area contributed by atoms with Gasteiger partial charge in [0.1, 0.15) is 5.82 Å². The molecule has 0 aliphatic carbocycles. The maximum absolute atomic E-state index is 12.5. The summed E-state index contributed by atoms with van der Waals surface area (Å²) in [6, 6.07) is 13.4. The Bertz CT molecular complexity index is 1030. The largest absolute Gasteiger partial charge is 0.454 e. The molecule has 1 aromatic heterocycles. The molecule has 0 bridgehead atoms. The van der Waals surface area contributed by atoms with E-state index in [4.69, 9.17) is 9.47 Å².